The van der Waals surface area contributed by atoms with Gasteiger partial charge in [0.2, 0.25) is 0 Å². The lowest BCUT2D eigenvalue weighted by molar-refractivity contribution is 0.728. The fraction of sp³-hybridized carbons (Fsp3) is 0.0789. The van der Waals surface area contributed by atoms with E-state index in [0.29, 0.717) is 5.92 Å². The molecule has 4 heteroatoms. The average Bonchev–Trinajstić information content (AvgIpc) is 3.69. The molecule has 42 heavy (non-hydrogen) atoms. The number of benzene rings is 5. The van der Waals surface area contributed by atoms with E-state index >= 15 is 0 Å². The molecule has 200 valence electrons. The van der Waals surface area contributed by atoms with Crippen molar-refractivity contribution in [2.45, 2.75) is 13.3 Å². The van der Waals surface area contributed by atoms with Crippen molar-refractivity contribution in [1.82, 2.24) is 14.1 Å². The second-order valence-electron chi connectivity index (χ2n) is 11.3. The number of nitrogens with zero attached hydrogens (tertiary/aromatic N) is 3. The van der Waals surface area contributed by atoms with Crippen molar-refractivity contribution in [3.8, 4) is 22.8 Å². The van der Waals surface area contributed by atoms with Crippen molar-refractivity contribution in [2.75, 3.05) is 0 Å². The number of para-hydroxylation sites is 4. The first kappa shape index (κ1) is 23.7. The largest absolute Gasteiger partial charge is 0.309 e. The van der Waals surface area contributed by atoms with Gasteiger partial charge in [0.1, 0.15) is 5.82 Å². The first-order valence-corrected chi connectivity index (χ1v) is 15.3. The zero-order chi connectivity index (χ0) is 27.8. The van der Waals surface area contributed by atoms with Gasteiger partial charge in [0.15, 0.2) is 0 Å². The number of aromatic nitrogens is 3. The van der Waals surface area contributed by atoms with Crippen LogP contribution < -0.4 is 0 Å². The van der Waals surface area contributed by atoms with Gasteiger partial charge >= 0.3 is 0 Å². The van der Waals surface area contributed by atoms with Gasteiger partial charge in [-0.2, -0.15) is 0 Å². The molecule has 1 aliphatic rings. The van der Waals surface area contributed by atoms with Crippen molar-refractivity contribution in [3.63, 3.8) is 0 Å². The number of allylic oxidation sites excluding steroid dienone is 1. The maximum absolute atomic E-state index is 5.08. The zero-order valence-corrected chi connectivity index (χ0v) is 24.0. The number of imidazole rings is 1. The third kappa shape index (κ3) is 3.49. The summed E-state index contributed by atoms with van der Waals surface area (Å²) in [4.78, 5) is 6.59. The number of hydrogen-bond acceptors (Lipinski definition) is 2. The monoisotopic (exact) mass is 557 g/mol. The molecule has 0 fully saturated rings. The molecule has 3 nitrogen and oxygen atoms in total. The summed E-state index contributed by atoms with van der Waals surface area (Å²) in [5.41, 5.74) is 9.34. The van der Waals surface area contributed by atoms with Crippen LogP contribution in [0, 0.1) is 5.92 Å². The second kappa shape index (κ2) is 9.04. The molecule has 3 aromatic heterocycles. The van der Waals surface area contributed by atoms with E-state index < -0.39 is 0 Å². The molecule has 0 N–H and O–H groups in total. The van der Waals surface area contributed by atoms with Gasteiger partial charge in [-0.1, -0.05) is 67.6 Å². The van der Waals surface area contributed by atoms with Gasteiger partial charge < -0.3 is 4.57 Å². The molecule has 8 aromatic rings. The Balaban J connectivity index is 1.24. The van der Waals surface area contributed by atoms with Crippen LogP contribution in [0.3, 0.4) is 0 Å². The van der Waals surface area contributed by atoms with Crippen LogP contribution >= 0.6 is 11.3 Å². The SMILES string of the molecule is CC1C=Cc2c(sc3cc4c5ccccc5n(-c5ccc(-c6nc7ccccc7n6-c6ccccc6)cc5)c4cc23)C1. The first-order chi connectivity index (χ1) is 20.7. The Morgan fingerprint density at radius 3 is 2.26 bits per heavy atom. The van der Waals surface area contributed by atoms with E-state index in [1.807, 2.05) is 11.3 Å². The molecule has 0 spiro atoms. The van der Waals surface area contributed by atoms with Crippen LogP contribution in [-0.4, -0.2) is 14.1 Å². The van der Waals surface area contributed by atoms with E-state index in [0.717, 1.165) is 40.2 Å². The van der Waals surface area contributed by atoms with Gasteiger partial charge in [0.25, 0.3) is 0 Å². The minimum atomic E-state index is 0.600. The summed E-state index contributed by atoms with van der Waals surface area (Å²) in [6.07, 6.45) is 5.83. The molecule has 3 heterocycles. The van der Waals surface area contributed by atoms with Crippen LogP contribution in [0.15, 0.2) is 121 Å². The first-order valence-electron chi connectivity index (χ1n) is 14.5. The number of thiophene rings is 1. The van der Waals surface area contributed by atoms with Crippen LogP contribution in [0.1, 0.15) is 17.4 Å². The highest BCUT2D eigenvalue weighted by atomic mass is 32.1. The second-order valence-corrected chi connectivity index (χ2v) is 12.5. The minimum absolute atomic E-state index is 0.600. The molecule has 0 saturated heterocycles. The summed E-state index contributed by atoms with van der Waals surface area (Å²) in [5, 5.41) is 3.96. The van der Waals surface area contributed by atoms with Crippen molar-refractivity contribution in [2.24, 2.45) is 5.92 Å². The van der Waals surface area contributed by atoms with Crippen LogP contribution in [0.5, 0.6) is 0 Å². The molecule has 1 aliphatic carbocycles. The lowest BCUT2D eigenvalue weighted by Crippen LogP contribution is -1.99. The Labute approximate surface area is 247 Å². The highest BCUT2D eigenvalue weighted by Crippen LogP contribution is 2.42. The molecule has 0 bridgehead atoms. The van der Waals surface area contributed by atoms with E-state index in [2.05, 4.69) is 143 Å². The van der Waals surface area contributed by atoms with E-state index in [9.17, 15) is 0 Å². The van der Waals surface area contributed by atoms with E-state index in [4.69, 9.17) is 4.98 Å². The molecule has 0 saturated carbocycles. The summed E-state index contributed by atoms with van der Waals surface area (Å²) >= 11 is 1.96. The summed E-state index contributed by atoms with van der Waals surface area (Å²) in [6.45, 7) is 2.31. The molecular formula is C38H27N3S. The normalized spacial score (nSPS) is 14.8. The zero-order valence-electron chi connectivity index (χ0n) is 23.2. The standard InChI is InChI=1S/C38H27N3S/c1-24-15-20-29-31-22-35-30(23-37(31)42-36(29)21-24)28-11-5-7-13-33(28)40(35)27-18-16-25(17-19-27)38-39-32-12-6-8-14-34(32)41(38)26-9-3-2-4-10-26/h2-20,22-24H,21H2,1H3. The van der Waals surface area contributed by atoms with Crippen LogP contribution in [0.25, 0.3) is 71.8 Å². The van der Waals surface area contributed by atoms with Crippen LogP contribution in [-0.2, 0) is 6.42 Å². The summed E-state index contributed by atoms with van der Waals surface area (Å²) in [6, 6.07) is 41.4. The van der Waals surface area contributed by atoms with Crippen LogP contribution in [0.4, 0.5) is 0 Å². The molecule has 9 rings (SSSR count). The molecule has 0 radical (unpaired) electrons. The van der Waals surface area contributed by atoms with Gasteiger partial charge in [0, 0.05) is 42.7 Å². The summed E-state index contributed by atoms with van der Waals surface area (Å²) in [5.74, 6) is 1.55. The fourth-order valence-electron chi connectivity index (χ4n) is 6.68. The lowest BCUT2D eigenvalue weighted by Gasteiger charge is -2.12. The van der Waals surface area contributed by atoms with Crippen molar-refractivity contribution in [1.29, 1.82) is 0 Å². The maximum Gasteiger partial charge on any atom is 0.145 e. The smallest absolute Gasteiger partial charge is 0.145 e. The van der Waals surface area contributed by atoms with Crippen molar-refractivity contribution < 1.29 is 0 Å². The Morgan fingerprint density at radius 2 is 1.40 bits per heavy atom. The van der Waals surface area contributed by atoms with Crippen molar-refractivity contribution >= 4 is 60.3 Å². The summed E-state index contributed by atoms with van der Waals surface area (Å²) in [7, 11) is 0. The van der Waals surface area contributed by atoms with Gasteiger partial charge in [-0.05, 0) is 84.6 Å². The Bertz CT molecular complexity index is 2330. The van der Waals surface area contributed by atoms with E-state index in [1.165, 1.54) is 42.3 Å². The van der Waals surface area contributed by atoms with Crippen molar-refractivity contribution in [3.05, 3.63) is 132 Å². The quantitative estimate of drug-likeness (QED) is 0.212. The predicted octanol–water partition coefficient (Wildman–Crippen LogP) is 10.2. The Hall–Kier alpha value is -4.93. The summed E-state index contributed by atoms with van der Waals surface area (Å²) < 4.78 is 6.06. The third-order valence-corrected chi connectivity index (χ3v) is 9.85. The third-order valence-electron chi connectivity index (χ3n) is 8.66. The molecule has 0 amide bonds. The van der Waals surface area contributed by atoms with Gasteiger partial charge in [-0.25, -0.2) is 4.98 Å². The maximum atomic E-state index is 5.08. The van der Waals surface area contributed by atoms with Gasteiger partial charge in [0.05, 0.1) is 22.1 Å². The lowest BCUT2D eigenvalue weighted by atomic mass is 9.95. The Kier molecular flexibility index (Phi) is 5.11. The van der Waals surface area contributed by atoms with E-state index in [-0.39, 0.29) is 0 Å². The average molecular weight is 558 g/mol. The number of hydrogen-bond donors (Lipinski definition) is 0. The Morgan fingerprint density at radius 1 is 0.667 bits per heavy atom. The fourth-order valence-corrected chi connectivity index (χ4v) is 8.03. The van der Waals surface area contributed by atoms with Gasteiger partial charge in [-0.3, -0.25) is 4.57 Å². The molecule has 5 aromatic carbocycles. The molecule has 1 unspecified atom stereocenters. The minimum Gasteiger partial charge on any atom is -0.309 e. The molecular weight excluding hydrogens is 531 g/mol. The highest BCUT2D eigenvalue weighted by molar-refractivity contribution is 7.19. The van der Waals surface area contributed by atoms with Crippen LogP contribution in [0.2, 0.25) is 0 Å². The highest BCUT2D eigenvalue weighted by Gasteiger charge is 2.20. The van der Waals surface area contributed by atoms with E-state index in [1.54, 1.807) is 0 Å². The molecule has 1 atom stereocenters. The topological polar surface area (TPSA) is 22.8 Å². The number of rotatable bonds is 3. The predicted molar refractivity (Wildman–Crippen MR) is 178 cm³/mol. The molecule has 0 aliphatic heterocycles. The van der Waals surface area contributed by atoms with Gasteiger partial charge in [-0.15, -0.1) is 11.3 Å². The number of fused-ring (bicyclic) bond motifs is 7.